The third kappa shape index (κ3) is 6.67. The third-order valence-corrected chi connectivity index (χ3v) is 4.44. The summed E-state index contributed by atoms with van der Waals surface area (Å²) in [5, 5.41) is 5.43. The first-order valence-corrected chi connectivity index (χ1v) is 9.69. The van der Waals surface area contributed by atoms with Gasteiger partial charge in [-0.15, -0.1) is 0 Å². The van der Waals surface area contributed by atoms with E-state index in [2.05, 4.69) is 10.6 Å². The van der Waals surface area contributed by atoms with Gasteiger partial charge in [0.2, 0.25) is 5.91 Å². The molecule has 2 N–H and O–H groups in total. The number of likely N-dealkylation sites (N-methyl/N-ethyl adjacent to an activating group) is 1. The van der Waals surface area contributed by atoms with Gasteiger partial charge in [0.1, 0.15) is 11.4 Å². The molecule has 8 nitrogen and oxygen atoms in total. The van der Waals surface area contributed by atoms with Gasteiger partial charge in [-0.2, -0.15) is 11.8 Å². The first-order valence-electron chi connectivity index (χ1n) is 8.53. The molecule has 1 heterocycles. The van der Waals surface area contributed by atoms with Gasteiger partial charge in [0, 0.05) is 25.0 Å². The van der Waals surface area contributed by atoms with Gasteiger partial charge in [-0.25, -0.2) is 4.79 Å². The maximum absolute atomic E-state index is 12.1. The number of ether oxygens (including phenoxy) is 2. The van der Waals surface area contributed by atoms with Crippen LogP contribution in [0.4, 0.5) is 16.2 Å². The summed E-state index contributed by atoms with van der Waals surface area (Å²) in [6, 6.07) is 5.17. The lowest BCUT2D eigenvalue weighted by Crippen LogP contribution is -2.35. The van der Waals surface area contributed by atoms with Crippen molar-refractivity contribution in [2.24, 2.45) is 0 Å². The minimum Gasteiger partial charge on any atom is -0.482 e. The van der Waals surface area contributed by atoms with Crippen molar-refractivity contribution in [1.29, 1.82) is 0 Å². The van der Waals surface area contributed by atoms with Crippen LogP contribution in [0, 0.1) is 0 Å². The highest BCUT2D eigenvalue weighted by atomic mass is 32.2. The van der Waals surface area contributed by atoms with E-state index in [0.717, 1.165) is 0 Å². The summed E-state index contributed by atoms with van der Waals surface area (Å²) in [5.41, 5.74) is 0.685. The SMILES string of the molecule is CN1C(=O)COc2ccc(NC(=O)CSCCNC(=O)OC(C)(C)C)cc21. The normalized spacial score (nSPS) is 13.5. The molecule has 148 valence electrons. The van der Waals surface area contributed by atoms with Gasteiger partial charge in [0.05, 0.1) is 11.4 Å². The van der Waals surface area contributed by atoms with Gasteiger partial charge in [-0.05, 0) is 39.0 Å². The van der Waals surface area contributed by atoms with Gasteiger partial charge in [0.15, 0.2) is 6.61 Å². The van der Waals surface area contributed by atoms with Crippen molar-refractivity contribution < 1.29 is 23.9 Å². The zero-order valence-electron chi connectivity index (χ0n) is 16.0. The molecule has 0 saturated carbocycles. The number of rotatable bonds is 6. The van der Waals surface area contributed by atoms with Crippen LogP contribution in [0.2, 0.25) is 0 Å². The average molecular weight is 395 g/mol. The van der Waals surface area contributed by atoms with Gasteiger partial charge in [-0.3, -0.25) is 9.59 Å². The van der Waals surface area contributed by atoms with Crippen molar-refractivity contribution in [2.75, 3.05) is 41.9 Å². The molecule has 2 rings (SSSR count). The number of fused-ring (bicyclic) bond motifs is 1. The molecule has 0 fully saturated rings. The highest BCUT2D eigenvalue weighted by Gasteiger charge is 2.22. The summed E-state index contributed by atoms with van der Waals surface area (Å²) in [6.07, 6.45) is -0.470. The molecular weight excluding hydrogens is 370 g/mol. The molecule has 9 heteroatoms. The second-order valence-electron chi connectivity index (χ2n) is 6.95. The Morgan fingerprint density at radius 1 is 1.33 bits per heavy atom. The van der Waals surface area contributed by atoms with Crippen LogP contribution >= 0.6 is 11.8 Å². The van der Waals surface area contributed by atoms with Crippen LogP contribution in [-0.4, -0.2) is 55.2 Å². The van der Waals surface area contributed by atoms with Crippen molar-refractivity contribution in [3.8, 4) is 5.75 Å². The molecule has 1 aliphatic heterocycles. The van der Waals surface area contributed by atoms with Gasteiger partial charge < -0.3 is 25.0 Å². The molecule has 0 aliphatic carbocycles. The van der Waals surface area contributed by atoms with Crippen molar-refractivity contribution in [3.05, 3.63) is 18.2 Å². The van der Waals surface area contributed by atoms with E-state index in [1.165, 1.54) is 16.7 Å². The smallest absolute Gasteiger partial charge is 0.407 e. The summed E-state index contributed by atoms with van der Waals surface area (Å²) in [4.78, 5) is 36.8. The molecule has 1 aromatic rings. The minimum atomic E-state index is -0.532. The Balaban J connectivity index is 1.72. The number of thioether (sulfide) groups is 1. The number of hydrogen-bond acceptors (Lipinski definition) is 6. The van der Waals surface area contributed by atoms with Gasteiger partial charge in [-0.1, -0.05) is 0 Å². The van der Waals surface area contributed by atoms with E-state index in [0.29, 0.717) is 29.4 Å². The quantitative estimate of drug-likeness (QED) is 0.717. The molecule has 0 aromatic heterocycles. The number of anilines is 2. The Labute approximate surface area is 162 Å². The van der Waals surface area contributed by atoms with E-state index >= 15 is 0 Å². The lowest BCUT2D eigenvalue weighted by Gasteiger charge is -2.26. The fourth-order valence-corrected chi connectivity index (χ4v) is 2.90. The molecule has 1 aliphatic rings. The van der Waals surface area contributed by atoms with Crippen LogP contribution in [0.3, 0.4) is 0 Å². The third-order valence-electron chi connectivity index (χ3n) is 3.48. The van der Waals surface area contributed by atoms with Crippen molar-refractivity contribution in [2.45, 2.75) is 26.4 Å². The van der Waals surface area contributed by atoms with Crippen molar-refractivity contribution >= 4 is 41.0 Å². The van der Waals surface area contributed by atoms with Gasteiger partial charge >= 0.3 is 6.09 Å². The number of benzene rings is 1. The lowest BCUT2D eigenvalue weighted by atomic mass is 10.2. The number of carbonyl (C=O) groups is 3. The Morgan fingerprint density at radius 3 is 2.78 bits per heavy atom. The van der Waals surface area contributed by atoms with E-state index in [9.17, 15) is 14.4 Å². The van der Waals surface area contributed by atoms with Crippen LogP contribution in [-0.2, 0) is 14.3 Å². The van der Waals surface area contributed by atoms with E-state index in [-0.39, 0.29) is 24.2 Å². The summed E-state index contributed by atoms with van der Waals surface area (Å²) >= 11 is 1.40. The van der Waals surface area contributed by atoms with Crippen LogP contribution in [0.25, 0.3) is 0 Å². The topological polar surface area (TPSA) is 97.0 Å². The van der Waals surface area contributed by atoms with Crippen LogP contribution in [0.1, 0.15) is 20.8 Å². The highest BCUT2D eigenvalue weighted by molar-refractivity contribution is 7.99. The Hall–Kier alpha value is -2.42. The summed E-state index contributed by atoms with van der Waals surface area (Å²) in [7, 11) is 1.67. The number of carbonyl (C=O) groups excluding carboxylic acids is 3. The molecule has 0 spiro atoms. The maximum atomic E-state index is 12.1. The summed E-state index contributed by atoms with van der Waals surface area (Å²) in [5.74, 6) is 1.14. The van der Waals surface area contributed by atoms with E-state index in [1.807, 2.05) is 0 Å². The largest absolute Gasteiger partial charge is 0.482 e. The number of hydrogen-bond donors (Lipinski definition) is 2. The standard InChI is InChI=1S/C18H25N3O5S/c1-18(2,3)26-17(24)19-7-8-27-11-15(22)20-12-5-6-14-13(9-12)21(4)16(23)10-25-14/h5-6,9H,7-8,10-11H2,1-4H3,(H,19,24)(H,20,22). The predicted molar refractivity (Wildman–Crippen MR) is 106 cm³/mol. The zero-order valence-corrected chi connectivity index (χ0v) is 16.8. The average Bonchev–Trinajstić information content (AvgIpc) is 2.56. The molecule has 0 radical (unpaired) electrons. The molecule has 1 aromatic carbocycles. The predicted octanol–water partition coefficient (Wildman–Crippen LogP) is 2.24. The van der Waals surface area contributed by atoms with Crippen LogP contribution in [0.15, 0.2) is 18.2 Å². The Kier molecular flexibility index (Phi) is 6.95. The van der Waals surface area contributed by atoms with Crippen molar-refractivity contribution in [1.82, 2.24) is 5.32 Å². The fourth-order valence-electron chi connectivity index (χ4n) is 2.25. The van der Waals surface area contributed by atoms with Crippen molar-refractivity contribution in [3.63, 3.8) is 0 Å². The molecule has 0 atom stereocenters. The molecule has 3 amide bonds. The number of alkyl carbamates (subject to hydrolysis) is 1. The van der Waals surface area contributed by atoms with Crippen LogP contribution < -0.4 is 20.3 Å². The first kappa shape index (κ1) is 20.9. The number of amides is 3. The molecule has 0 saturated heterocycles. The lowest BCUT2D eigenvalue weighted by molar-refractivity contribution is -0.121. The van der Waals surface area contributed by atoms with Gasteiger partial charge in [0.25, 0.3) is 5.91 Å². The molecule has 0 bridgehead atoms. The minimum absolute atomic E-state index is 0.0170. The first-order chi connectivity index (χ1) is 12.7. The summed E-state index contributed by atoms with van der Waals surface area (Å²) < 4.78 is 10.5. The number of nitrogens with zero attached hydrogens (tertiary/aromatic N) is 1. The molecule has 27 heavy (non-hydrogen) atoms. The van der Waals surface area contributed by atoms with Crippen LogP contribution in [0.5, 0.6) is 5.75 Å². The number of nitrogens with one attached hydrogen (secondary N) is 2. The Bertz CT molecular complexity index is 717. The zero-order chi connectivity index (χ0) is 20.0. The monoisotopic (exact) mass is 395 g/mol. The molecule has 0 unspecified atom stereocenters. The maximum Gasteiger partial charge on any atom is 0.407 e. The van der Waals surface area contributed by atoms with E-state index in [4.69, 9.17) is 9.47 Å². The van der Waals surface area contributed by atoms with E-state index in [1.54, 1.807) is 46.0 Å². The fraction of sp³-hybridized carbons (Fsp3) is 0.500. The summed E-state index contributed by atoms with van der Waals surface area (Å²) in [6.45, 7) is 5.82. The highest BCUT2D eigenvalue weighted by Crippen LogP contribution is 2.33. The van der Waals surface area contributed by atoms with E-state index < -0.39 is 11.7 Å². The molecular formula is C18H25N3O5S. The second-order valence-corrected chi connectivity index (χ2v) is 8.06. The Morgan fingerprint density at radius 2 is 2.07 bits per heavy atom. The second kappa shape index (κ2) is 8.98.